The van der Waals surface area contributed by atoms with Crippen LogP contribution in [0, 0.1) is 18.3 Å². The summed E-state index contributed by atoms with van der Waals surface area (Å²) in [6.45, 7) is 7.83. The Morgan fingerprint density at radius 2 is 1.95 bits per heavy atom. The van der Waals surface area contributed by atoms with Gasteiger partial charge in [-0.05, 0) is 45.9 Å². The fourth-order valence-corrected chi connectivity index (χ4v) is 3.10. The third-order valence-corrected chi connectivity index (χ3v) is 3.89. The molecule has 0 aliphatic carbocycles. The zero-order valence-electron chi connectivity index (χ0n) is 13.1. The van der Waals surface area contributed by atoms with Crippen molar-refractivity contribution in [2.24, 2.45) is 0 Å². The fraction of sp³-hybridized carbons (Fsp3) is 0.294. The van der Waals surface area contributed by atoms with Crippen LogP contribution < -0.4 is 10.2 Å². The van der Waals surface area contributed by atoms with Gasteiger partial charge in [0.05, 0.1) is 5.03 Å². The SMILES string of the molecule is CC(C)=C[C@]1(C)NC(=O)C(C#N)=C(S)N1c1ccc(C)cc1. The lowest BCUT2D eigenvalue weighted by Gasteiger charge is -2.44. The third kappa shape index (κ3) is 2.88. The summed E-state index contributed by atoms with van der Waals surface area (Å²) >= 11 is 4.46. The molecule has 1 amide bonds. The Morgan fingerprint density at radius 3 is 2.45 bits per heavy atom. The van der Waals surface area contributed by atoms with Crippen LogP contribution in [0.4, 0.5) is 5.69 Å². The summed E-state index contributed by atoms with van der Waals surface area (Å²) in [6, 6.07) is 9.82. The van der Waals surface area contributed by atoms with E-state index in [1.54, 1.807) is 0 Å². The van der Waals surface area contributed by atoms with E-state index in [4.69, 9.17) is 0 Å². The minimum atomic E-state index is -0.775. The molecule has 1 N–H and O–H groups in total. The molecule has 1 aliphatic heterocycles. The molecule has 1 atom stereocenters. The van der Waals surface area contributed by atoms with E-state index in [2.05, 4.69) is 17.9 Å². The molecule has 114 valence electrons. The summed E-state index contributed by atoms with van der Waals surface area (Å²) in [6.07, 6.45) is 1.95. The fourth-order valence-electron chi connectivity index (χ4n) is 2.63. The highest BCUT2D eigenvalue weighted by molar-refractivity contribution is 7.84. The maximum Gasteiger partial charge on any atom is 0.266 e. The molecule has 22 heavy (non-hydrogen) atoms. The van der Waals surface area contributed by atoms with Gasteiger partial charge in [0, 0.05) is 5.69 Å². The predicted octanol–water partition coefficient (Wildman–Crippen LogP) is 3.28. The molecule has 0 fully saturated rings. The van der Waals surface area contributed by atoms with E-state index in [0.29, 0.717) is 5.03 Å². The Balaban J connectivity index is 2.68. The summed E-state index contributed by atoms with van der Waals surface area (Å²) in [5.41, 5.74) is 2.30. The molecule has 0 aromatic heterocycles. The van der Waals surface area contributed by atoms with Crippen LogP contribution in [0.1, 0.15) is 26.3 Å². The predicted molar refractivity (Wildman–Crippen MR) is 91.3 cm³/mol. The molecule has 4 nitrogen and oxygen atoms in total. The van der Waals surface area contributed by atoms with Gasteiger partial charge in [0.1, 0.15) is 17.3 Å². The number of anilines is 1. The second-order valence-corrected chi connectivity index (χ2v) is 6.23. The molecule has 5 heteroatoms. The van der Waals surface area contributed by atoms with Gasteiger partial charge < -0.3 is 10.2 Å². The molecule has 0 saturated heterocycles. The number of nitrogens with one attached hydrogen (secondary N) is 1. The first-order chi connectivity index (χ1) is 10.3. The highest BCUT2D eigenvalue weighted by Crippen LogP contribution is 2.35. The van der Waals surface area contributed by atoms with Gasteiger partial charge in [-0.1, -0.05) is 23.3 Å². The molecule has 1 aliphatic rings. The first kappa shape index (κ1) is 16.2. The molecule has 0 saturated carbocycles. The zero-order chi connectivity index (χ0) is 16.5. The van der Waals surface area contributed by atoms with Gasteiger partial charge in [-0.25, -0.2) is 0 Å². The van der Waals surface area contributed by atoms with E-state index in [1.807, 2.05) is 69.0 Å². The maximum atomic E-state index is 12.2. The minimum Gasteiger partial charge on any atom is -0.325 e. The highest BCUT2D eigenvalue weighted by Gasteiger charge is 2.40. The average Bonchev–Trinajstić information content (AvgIpc) is 2.39. The van der Waals surface area contributed by atoms with Crippen molar-refractivity contribution in [1.82, 2.24) is 5.32 Å². The van der Waals surface area contributed by atoms with Crippen LogP contribution in [-0.2, 0) is 4.79 Å². The number of aryl methyl sites for hydroxylation is 1. The number of nitriles is 1. The third-order valence-electron chi connectivity index (χ3n) is 3.47. The second-order valence-electron chi connectivity index (χ2n) is 5.80. The van der Waals surface area contributed by atoms with Gasteiger partial charge in [0.2, 0.25) is 0 Å². The van der Waals surface area contributed by atoms with Crippen molar-refractivity contribution in [1.29, 1.82) is 5.26 Å². The summed E-state index contributed by atoms with van der Waals surface area (Å²) in [7, 11) is 0. The Kier molecular flexibility index (Phi) is 4.34. The monoisotopic (exact) mass is 313 g/mol. The van der Waals surface area contributed by atoms with Crippen molar-refractivity contribution >= 4 is 24.2 Å². The topological polar surface area (TPSA) is 56.1 Å². The van der Waals surface area contributed by atoms with Crippen molar-refractivity contribution in [2.45, 2.75) is 33.4 Å². The first-order valence-corrected chi connectivity index (χ1v) is 7.42. The number of rotatable bonds is 2. The van der Waals surface area contributed by atoms with E-state index < -0.39 is 11.6 Å². The number of thiol groups is 1. The summed E-state index contributed by atoms with van der Waals surface area (Å²) in [4.78, 5) is 14.0. The summed E-state index contributed by atoms with van der Waals surface area (Å²) in [5, 5.41) is 12.5. The molecule has 1 aromatic rings. The van der Waals surface area contributed by atoms with Crippen molar-refractivity contribution in [2.75, 3.05) is 4.90 Å². The maximum absolute atomic E-state index is 12.2. The van der Waals surface area contributed by atoms with Crippen LogP contribution >= 0.6 is 12.6 Å². The number of nitrogens with zero attached hydrogens (tertiary/aromatic N) is 2. The Bertz CT molecular complexity index is 708. The largest absolute Gasteiger partial charge is 0.325 e. The Morgan fingerprint density at radius 1 is 1.36 bits per heavy atom. The lowest BCUT2D eigenvalue weighted by molar-refractivity contribution is -0.118. The van der Waals surface area contributed by atoms with E-state index in [1.165, 1.54) is 0 Å². The van der Waals surface area contributed by atoms with Gasteiger partial charge in [0.25, 0.3) is 5.91 Å². The van der Waals surface area contributed by atoms with Crippen molar-refractivity contribution < 1.29 is 4.79 Å². The van der Waals surface area contributed by atoms with Gasteiger partial charge in [-0.3, -0.25) is 4.79 Å². The van der Waals surface area contributed by atoms with Crippen molar-refractivity contribution in [3.8, 4) is 6.07 Å². The van der Waals surface area contributed by atoms with Crippen LogP contribution in [0.2, 0.25) is 0 Å². The highest BCUT2D eigenvalue weighted by atomic mass is 32.1. The van der Waals surface area contributed by atoms with Gasteiger partial charge in [-0.15, -0.1) is 12.6 Å². The summed E-state index contributed by atoms with van der Waals surface area (Å²) in [5.74, 6) is -0.407. The molecule has 0 radical (unpaired) electrons. The van der Waals surface area contributed by atoms with Gasteiger partial charge >= 0.3 is 0 Å². The Hall–Kier alpha value is -2.19. The number of hydrogen-bond acceptors (Lipinski definition) is 4. The lowest BCUT2D eigenvalue weighted by Crippen LogP contribution is -2.60. The van der Waals surface area contributed by atoms with E-state index in [0.717, 1.165) is 16.8 Å². The minimum absolute atomic E-state index is 0.0172. The number of carbonyl (C=O) groups is 1. The zero-order valence-corrected chi connectivity index (χ0v) is 14.0. The van der Waals surface area contributed by atoms with Gasteiger partial charge in [0.15, 0.2) is 0 Å². The number of allylic oxidation sites excluding steroid dienone is 1. The molecule has 1 heterocycles. The van der Waals surface area contributed by atoms with E-state index >= 15 is 0 Å². The molecule has 0 unspecified atom stereocenters. The summed E-state index contributed by atoms with van der Waals surface area (Å²) < 4.78 is 0. The second kappa shape index (κ2) is 5.90. The number of carbonyl (C=O) groups excluding carboxylic acids is 1. The standard InChI is InChI=1S/C17H19N3OS/c1-11(2)9-17(4)19-15(21)14(10-18)16(22)20(17)13-7-5-12(3)6-8-13/h5-9,22H,1-4H3,(H,19,21)/t17-/m1/s1. The first-order valence-electron chi connectivity index (χ1n) is 6.97. The van der Waals surface area contributed by atoms with Crippen LogP contribution in [0.3, 0.4) is 0 Å². The van der Waals surface area contributed by atoms with E-state index in [9.17, 15) is 10.1 Å². The van der Waals surface area contributed by atoms with Crippen molar-refractivity contribution in [3.05, 3.63) is 52.1 Å². The normalized spacial score (nSPS) is 21.3. The average molecular weight is 313 g/mol. The number of hydrogen-bond donors (Lipinski definition) is 2. The van der Waals surface area contributed by atoms with Crippen LogP contribution in [0.5, 0.6) is 0 Å². The molecule has 2 rings (SSSR count). The molecular weight excluding hydrogens is 294 g/mol. The van der Waals surface area contributed by atoms with Crippen LogP contribution in [0.15, 0.2) is 46.5 Å². The smallest absolute Gasteiger partial charge is 0.266 e. The molecule has 0 spiro atoms. The molecule has 0 bridgehead atoms. The van der Waals surface area contributed by atoms with Crippen molar-refractivity contribution in [3.63, 3.8) is 0 Å². The number of benzene rings is 1. The van der Waals surface area contributed by atoms with Crippen LogP contribution in [0.25, 0.3) is 0 Å². The Labute approximate surface area is 136 Å². The molecular formula is C17H19N3OS. The molecule has 1 aromatic carbocycles. The van der Waals surface area contributed by atoms with Crippen LogP contribution in [-0.4, -0.2) is 11.6 Å². The number of amides is 1. The van der Waals surface area contributed by atoms with E-state index in [-0.39, 0.29) is 5.57 Å². The lowest BCUT2D eigenvalue weighted by atomic mass is 10.0. The quantitative estimate of drug-likeness (QED) is 0.651. The van der Waals surface area contributed by atoms with Gasteiger partial charge in [-0.2, -0.15) is 5.26 Å².